The summed E-state index contributed by atoms with van der Waals surface area (Å²) in [6.07, 6.45) is 1.67. The number of ether oxygens (including phenoxy) is 1. The van der Waals surface area contributed by atoms with E-state index in [1.54, 1.807) is 11.3 Å². The molecule has 1 saturated heterocycles. The molecule has 0 atom stereocenters. The Morgan fingerprint density at radius 3 is 3.17 bits per heavy atom. The highest BCUT2D eigenvalue weighted by Gasteiger charge is 2.10. The summed E-state index contributed by atoms with van der Waals surface area (Å²) >= 11 is 1.75. The predicted octanol–water partition coefficient (Wildman–Crippen LogP) is 1.70. The number of nitrogens with zero attached hydrogens (tertiary/aromatic N) is 1. The second-order valence-corrected chi connectivity index (χ2v) is 5.45. The second kappa shape index (κ2) is 7.55. The van der Waals surface area contributed by atoms with E-state index in [0.29, 0.717) is 6.42 Å². The molecule has 0 spiro atoms. The largest absolute Gasteiger partial charge is 0.395 e. The molecule has 4 heteroatoms. The van der Waals surface area contributed by atoms with E-state index in [0.717, 1.165) is 44.1 Å². The van der Waals surface area contributed by atoms with Crippen molar-refractivity contribution in [2.45, 2.75) is 19.4 Å². The predicted molar refractivity (Wildman–Crippen MR) is 73.6 cm³/mol. The van der Waals surface area contributed by atoms with Crippen LogP contribution in [0.2, 0.25) is 0 Å². The maximum atomic E-state index is 8.67. The molecule has 0 saturated carbocycles. The molecule has 1 aromatic rings. The van der Waals surface area contributed by atoms with Gasteiger partial charge in [-0.3, -0.25) is 4.90 Å². The lowest BCUT2D eigenvalue weighted by molar-refractivity contribution is 0.140. The van der Waals surface area contributed by atoms with Crippen molar-refractivity contribution in [1.29, 1.82) is 0 Å². The van der Waals surface area contributed by atoms with Gasteiger partial charge in [0.15, 0.2) is 0 Å². The Morgan fingerprint density at radius 2 is 2.28 bits per heavy atom. The molecule has 0 unspecified atom stereocenters. The van der Waals surface area contributed by atoms with Crippen LogP contribution in [0, 0.1) is 11.8 Å². The molecule has 0 aromatic carbocycles. The SMILES string of the molecule is OCCC#Cc1ccc(CN2CCCOCC2)s1. The van der Waals surface area contributed by atoms with Crippen molar-refractivity contribution in [2.24, 2.45) is 0 Å². The van der Waals surface area contributed by atoms with Crippen molar-refractivity contribution < 1.29 is 9.84 Å². The molecule has 0 aliphatic carbocycles. The zero-order chi connectivity index (χ0) is 12.6. The van der Waals surface area contributed by atoms with Crippen LogP contribution in [0.15, 0.2) is 12.1 Å². The summed E-state index contributed by atoms with van der Waals surface area (Å²) < 4.78 is 5.45. The van der Waals surface area contributed by atoms with Gasteiger partial charge in [0.2, 0.25) is 0 Å². The molecule has 1 aliphatic heterocycles. The minimum absolute atomic E-state index is 0.138. The van der Waals surface area contributed by atoms with E-state index in [9.17, 15) is 0 Å². The quantitative estimate of drug-likeness (QED) is 0.845. The molecule has 0 radical (unpaired) electrons. The molecule has 0 bridgehead atoms. The Hall–Kier alpha value is -0.860. The fourth-order valence-electron chi connectivity index (χ4n) is 1.91. The van der Waals surface area contributed by atoms with Gasteiger partial charge in [-0.1, -0.05) is 11.8 Å². The zero-order valence-electron chi connectivity index (χ0n) is 10.5. The number of aliphatic hydroxyl groups excluding tert-OH is 1. The fraction of sp³-hybridized carbons (Fsp3) is 0.571. The molecular weight excluding hydrogens is 246 g/mol. The number of hydrogen-bond donors (Lipinski definition) is 1. The van der Waals surface area contributed by atoms with Gasteiger partial charge < -0.3 is 9.84 Å². The third-order valence-corrected chi connectivity index (χ3v) is 3.79. The van der Waals surface area contributed by atoms with Crippen molar-refractivity contribution in [1.82, 2.24) is 4.90 Å². The molecule has 0 amide bonds. The monoisotopic (exact) mass is 265 g/mol. The fourth-order valence-corrected chi connectivity index (χ4v) is 2.84. The normalized spacial score (nSPS) is 16.9. The van der Waals surface area contributed by atoms with Crippen molar-refractivity contribution in [3.8, 4) is 11.8 Å². The van der Waals surface area contributed by atoms with E-state index in [1.165, 1.54) is 4.88 Å². The van der Waals surface area contributed by atoms with Gasteiger partial charge in [-0.05, 0) is 18.6 Å². The summed E-state index contributed by atoms with van der Waals surface area (Å²) in [5.74, 6) is 6.04. The van der Waals surface area contributed by atoms with Crippen LogP contribution in [-0.4, -0.2) is 42.9 Å². The zero-order valence-corrected chi connectivity index (χ0v) is 11.3. The summed E-state index contributed by atoms with van der Waals surface area (Å²) in [6.45, 7) is 4.99. The molecule has 3 nitrogen and oxygen atoms in total. The first-order valence-electron chi connectivity index (χ1n) is 6.37. The molecule has 1 N–H and O–H groups in total. The molecule has 98 valence electrons. The van der Waals surface area contributed by atoms with E-state index >= 15 is 0 Å². The van der Waals surface area contributed by atoms with E-state index in [1.807, 2.05) is 0 Å². The van der Waals surface area contributed by atoms with Crippen molar-refractivity contribution in [3.05, 3.63) is 21.9 Å². The molecule has 18 heavy (non-hydrogen) atoms. The summed E-state index contributed by atoms with van der Waals surface area (Å²) in [6, 6.07) is 4.22. The van der Waals surface area contributed by atoms with Crippen LogP contribution >= 0.6 is 11.3 Å². The molecule has 2 heterocycles. The Labute approximate surface area is 112 Å². The first kappa shape index (κ1) is 13.6. The van der Waals surface area contributed by atoms with Crippen LogP contribution in [0.4, 0.5) is 0 Å². The van der Waals surface area contributed by atoms with Crippen molar-refractivity contribution in [3.63, 3.8) is 0 Å². The van der Waals surface area contributed by atoms with Gasteiger partial charge in [0, 0.05) is 37.5 Å². The van der Waals surface area contributed by atoms with E-state index in [4.69, 9.17) is 9.84 Å². The summed E-state index contributed by atoms with van der Waals surface area (Å²) in [7, 11) is 0. The first-order valence-corrected chi connectivity index (χ1v) is 7.18. The third kappa shape index (κ3) is 4.43. The highest BCUT2D eigenvalue weighted by atomic mass is 32.1. The first-order chi connectivity index (χ1) is 8.88. The highest BCUT2D eigenvalue weighted by Crippen LogP contribution is 2.18. The smallest absolute Gasteiger partial charge is 0.0771 e. The van der Waals surface area contributed by atoms with E-state index < -0.39 is 0 Å². The van der Waals surface area contributed by atoms with Crippen LogP contribution < -0.4 is 0 Å². The average molecular weight is 265 g/mol. The lowest BCUT2D eigenvalue weighted by atomic mass is 10.3. The number of hydrogen-bond acceptors (Lipinski definition) is 4. The van der Waals surface area contributed by atoms with E-state index in [-0.39, 0.29) is 6.61 Å². The van der Waals surface area contributed by atoms with Gasteiger partial charge in [-0.15, -0.1) is 11.3 Å². The highest BCUT2D eigenvalue weighted by molar-refractivity contribution is 7.12. The number of rotatable bonds is 3. The Morgan fingerprint density at radius 1 is 1.33 bits per heavy atom. The van der Waals surface area contributed by atoms with Crippen molar-refractivity contribution >= 4 is 11.3 Å². The van der Waals surface area contributed by atoms with Crippen LogP contribution in [0.1, 0.15) is 22.6 Å². The Balaban J connectivity index is 1.87. The number of thiophene rings is 1. The third-order valence-electron chi connectivity index (χ3n) is 2.80. The minimum Gasteiger partial charge on any atom is -0.395 e. The van der Waals surface area contributed by atoms with Crippen molar-refractivity contribution in [2.75, 3.05) is 32.9 Å². The molecule has 1 fully saturated rings. The maximum absolute atomic E-state index is 8.67. The average Bonchev–Trinajstić information content (AvgIpc) is 2.65. The topological polar surface area (TPSA) is 32.7 Å². The van der Waals surface area contributed by atoms with Gasteiger partial charge in [0.25, 0.3) is 0 Å². The standard InChI is InChI=1S/C14H19NO2S/c16-9-2-1-4-13-5-6-14(18-13)12-15-7-3-10-17-11-8-15/h5-6,16H,2-3,7-12H2. The van der Waals surface area contributed by atoms with Gasteiger partial charge >= 0.3 is 0 Å². The summed E-state index contributed by atoms with van der Waals surface area (Å²) in [4.78, 5) is 4.87. The molecule has 2 rings (SSSR count). The lowest BCUT2D eigenvalue weighted by Crippen LogP contribution is -2.25. The van der Waals surface area contributed by atoms with E-state index in [2.05, 4.69) is 28.9 Å². The van der Waals surface area contributed by atoms with Gasteiger partial charge in [0.1, 0.15) is 0 Å². The summed E-state index contributed by atoms with van der Waals surface area (Å²) in [5, 5.41) is 8.67. The Bertz CT molecular complexity index is 411. The van der Waals surface area contributed by atoms with Crippen LogP contribution in [-0.2, 0) is 11.3 Å². The Kier molecular flexibility index (Phi) is 5.69. The second-order valence-electron chi connectivity index (χ2n) is 4.28. The van der Waals surface area contributed by atoms with Crippen LogP contribution in [0.5, 0.6) is 0 Å². The molecule has 1 aliphatic rings. The molecular formula is C14H19NO2S. The van der Waals surface area contributed by atoms with Gasteiger partial charge in [-0.2, -0.15) is 0 Å². The van der Waals surface area contributed by atoms with Crippen LogP contribution in [0.25, 0.3) is 0 Å². The maximum Gasteiger partial charge on any atom is 0.0771 e. The lowest BCUT2D eigenvalue weighted by Gasteiger charge is -2.17. The molecule has 1 aromatic heterocycles. The van der Waals surface area contributed by atoms with Gasteiger partial charge in [-0.25, -0.2) is 0 Å². The summed E-state index contributed by atoms with van der Waals surface area (Å²) in [5.41, 5.74) is 0. The minimum atomic E-state index is 0.138. The van der Waals surface area contributed by atoms with Crippen LogP contribution in [0.3, 0.4) is 0 Å². The van der Waals surface area contributed by atoms with Gasteiger partial charge in [0.05, 0.1) is 18.1 Å². The number of aliphatic hydroxyl groups is 1.